The number of hydrogen-bond donors (Lipinski definition) is 2. The van der Waals surface area contributed by atoms with Gasteiger partial charge in [0.1, 0.15) is 5.01 Å². The van der Waals surface area contributed by atoms with Crippen molar-refractivity contribution in [3.8, 4) is 0 Å². The van der Waals surface area contributed by atoms with Crippen LogP contribution in [0.1, 0.15) is 11.4 Å². The summed E-state index contributed by atoms with van der Waals surface area (Å²) in [5, 5.41) is 12.4. The molecule has 1 aromatic heterocycles. The van der Waals surface area contributed by atoms with E-state index in [0.717, 1.165) is 0 Å². The van der Waals surface area contributed by atoms with Crippen LogP contribution in [0.25, 0.3) is 10.2 Å². The molecule has 9 heteroatoms. The zero-order chi connectivity index (χ0) is 18.9. The van der Waals surface area contributed by atoms with Gasteiger partial charge >= 0.3 is 6.18 Å². The summed E-state index contributed by atoms with van der Waals surface area (Å²) in [6, 6.07) is 12.4. The van der Waals surface area contributed by atoms with Crippen LogP contribution in [0.3, 0.4) is 0 Å². The van der Waals surface area contributed by atoms with Gasteiger partial charge in [0.05, 0.1) is 16.6 Å². The minimum absolute atomic E-state index is 0.233. The molecule has 0 aliphatic rings. The summed E-state index contributed by atoms with van der Waals surface area (Å²) in [6.45, 7) is 0. The Kier molecular flexibility index (Phi) is 4.92. The number of carbonyl (C=O) groups is 1. The summed E-state index contributed by atoms with van der Waals surface area (Å²) in [4.78, 5) is 16.0. The molecular formula is C17H12ClF3N2O2S. The van der Waals surface area contributed by atoms with Gasteiger partial charge < -0.3 is 10.4 Å². The quantitative estimate of drug-likeness (QED) is 0.665. The Labute approximate surface area is 155 Å². The number of amides is 1. The van der Waals surface area contributed by atoms with E-state index >= 15 is 0 Å². The molecule has 0 aliphatic carbocycles. The second-order valence-electron chi connectivity index (χ2n) is 5.58. The van der Waals surface area contributed by atoms with E-state index in [1.807, 2.05) is 0 Å². The average molecular weight is 401 g/mol. The van der Waals surface area contributed by atoms with E-state index in [0.29, 0.717) is 26.6 Å². The maximum absolute atomic E-state index is 13.6. The molecule has 1 atom stereocenters. The molecule has 0 spiro atoms. The summed E-state index contributed by atoms with van der Waals surface area (Å²) < 4.78 is 41.3. The first-order valence-electron chi connectivity index (χ1n) is 7.39. The summed E-state index contributed by atoms with van der Waals surface area (Å²) in [5.41, 5.74) is -2.83. The highest BCUT2D eigenvalue weighted by atomic mass is 35.5. The van der Waals surface area contributed by atoms with Gasteiger partial charge in [0.2, 0.25) is 11.5 Å². The van der Waals surface area contributed by atoms with Crippen molar-refractivity contribution >= 4 is 44.7 Å². The fourth-order valence-corrected chi connectivity index (χ4v) is 3.61. The Morgan fingerprint density at radius 3 is 2.58 bits per heavy atom. The number of anilines is 1. The topological polar surface area (TPSA) is 62.2 Å². The van der Waals surface area contributed by atoms with Gasteiger partial charge in [-0.05, 0) is 30.3 Å². The SMILES string of the molecule is O=C(C[C@@](O)(c1nc2ccccc2s1)C(F)(F)F)Nc1cccc(Cl)c1. The Hall–Kier alpha value is -2.16. The highest BCUT2D eigenvalue weighted by molar-refractivity contribution is 7.18. The second kappa shape index (κ2) is 6.86. The molecule has 0 saturated carbocycles. The number of nitrogens with zero attached hydrogens (tertiary/aromatic N) is 1. The third-order valence-electron chi connectivity index (χ3n) is 3.64. The Balaban J connectivity index is 1.91. The molecule has 0 bridgehead atoms. The van der Waals surface area contributed by atoms with Crippen LogP contribution in [-0.2, 0) is 10.4 Å². The lowest BCUT2D eigenvalue weighted by Gasteiger charge is -2.27. The smallest absolute Gasteiger partial charge is 0.374 e. The average Bonchev–Trinajstić information content (AvgIpc) is 2.98. The minimum atomic E-state index is -5.08. The summed E-state index contributed by atoms with van der Waals surface area (Å²) in [6.07, 6.45) is -6.30. The van der Waals surface area contributed by atoms with Crippen LogP contribution in [0.2, 0.25) is 5.02 Å². The van der Waals surface area contributed by atoms with E-state index in [9.17, 15) is 23.1 Å². The van der Waals surface area contributed by atoms with Crippen molar-refractivity contribution in [1.82, 2.24) is 4.98 Å². The van der Waals surface area contributed by atoms with Crippen LogP contribution in [0.4, 0.5) is 18.9 Å². The molecule has 136 valence electrons. The number of aliphatic hydroxyl groups is 1. The third kappa shape index (κ3) is 3.67. The maximum Gasteiger partial charge on any atom is 0.424 e. The zero-order valence-electron chi connectivity index (χ0n) is 13.0. The van der Waals surface area contributed by atoms with E-state index in [2.05, 4.69) is 10.3 Å². The van der Waals surface area contributed by atoms with Gasteiger partial charge in [-0.1, -0.05) is 29.8 Å². The molecule has 0 unspecified atom stereocenters. The number of para-hydroxylation sites is 1. The van der Waals surface area contributed by atoms with Crippen LogP contribution in [0.15, 0.2) is 48.5 Å². The van der Waals surface area contributed by atoms with Gasteiger partial charge in [0, 0.05) is 10.7 Å². The number of rotatable bonds is 4. The van der Waals surface area contributed by atoms with Crippen molar-refractivity contribution in [2.24, 2.45) is 0 Å². The molecule has 3 rings (SSSR count). The number of halogens is 4. The lowest BCUT2D eigenvalue weighted by molar-refractivity contribution is -0.266. The predicted octanol–water partition coefficient (Wildman–Crippen LogP) is 4.73. The van der Waals surface area contributed by atoms with Crippen LogP contribution < -0.4 is 5.32 Å². The van der Waals surface area contributed by atoms with Crippen LogP contribution in [0.5, 0.6) is 0 Å². The van der Waals surface area contributed by atoms with E-state index in [4.69, 9.17) is 11.6 Å². The molecule has 3 aromatic rings. The van der Waals surface area contributed by atoms with Crippen molar-refractivity contribution in [1.29, 1.82) is 0 Å². The standard InChI is InChI=1S/C17H12ClF3N2O2S/c18-10-4-3-5-11(8-10)22-14(24)9-16(25,17(19,20)21)15-23-12-6-1-2-7-13(12)26-15/h1-8,25H,9H2,(H,22,24)/t16-/m1/s1. The van der Waals surface area contributed by atoms with Crippen molar-refractivity contribution < 1.29 is 23.1 Å². The molecule has 0 saturated heterocycles. The van der Waals surface area contributed by atoms with E-state index in [1.54, 1.807) is 30.3 Å². The predicted molar refractivity (Wildman–Crippen MR) is 94.3 cm³/mol. The van der Waals surface area contributed by atoms with Crippen LogP contribution in [-0.4, -0.2) is 22.2 Å². The first-order valence-corrected chi connectivity index (χ1v) is 8.59. The number of carbonyl (C=O) groups excluding carboxylic acids is 1. The molecule has 4 nitrogen and oxygen atoms in total. The maximum atomic E-state index is 13.6. The molecule has 1 amide bonds. The monoisotopic (exact) mass is 400 g/mol. The number of nitrogens with one attached hydrogen (secondary N) is 1. The van der Waals surface area contributed by atoms with Crippen molar-refractivity contribution in [2.75, 3.05) is 5.32 Å². The number of fused-ring (bicyclic) bond motifs is 1. The van der Waals surface area contributed by atoms with Gasteiger partial charge in [-0.2, -0.15) is 13.2 Å². The molecule has 2 N–H and O–H groups in total. The van der Waals surface area contributed by atoms with Crippen molar-refractivity contribution in [3.63, 3.8) is 0 Å². The van der Waals surface area contributed by atoms with Gasteiger partial charge in [-0.25, -0.2) is 4.98 Å². The number of aromatic nitrogens is 1. The molecule has 1 heterocycles. The molecule has 0 fully saturated rings. The number of benzene rings is 2. The fourth-order valence-electron chi connectivity index (χ4n) is 2.35. The molecule has 0 aliphatic heterocycles. The molecular weight excluding hydrogens is 389 g/mol. The largest absolute Gasteiger partial charge is 0.424 e. The van der Waals surface area contributed by atoms with Gasteiger partial charge in [0.15, 0.2) is 0 Å². The van der Waals surface area contributed by atoms with Gasteiger partial charge in [-0.15, -0.1) is 11.3 Å². The fraction of sp³-hybridized carbons (Fsp3) is 0.176. The second-order valence-corrected chi connectivity index (χ2v) is 7.05. The Morgan fingerprint density at radius 1 is 1.19 bits per heavy atom. The van der Waals surface area contributed by atoms with Crippen molar-refractivity contribution in [2.45, 2.75) is 18.2 Å². The normalized spacial score (nSPS) is 14.2. The van der Waals surface area contributed by atoms with Crippen molar-refractivity contribution in [3.05, 3.63) is 58.6 Å². The van der Waals surface area contributed by atoms with Crippen LogP contribution >= 0.6 is 22.9 Å². The first-order chi connectivity index (χ1) is 12.2. The lowest BCUT2D eigenvalue weighted by Crippen LogP contribution is -2.45. The zero-order valence-corrected chi connectivity index (χ0v) is 14.6. The summed E-state index contributed by atoms with van der Waals surface area (Å²) >= 11 is 6.49. The van der Waals surface area contributed by atoms with E-state index < -0.39 is 29.1 Å². The number of hydrogen-bond acceptors (Lipinski definition) is 4. The molecule has 26 heavy (non-hydrogen) atoms. The lowest BCUT2D eigenvalue weighted by atomic mass is 9.99. The Morgan fingerprint density at radius 2 is 1.92 bits per heavy atom. The highest BCUT2D eigenvalue weighted by Gasteiger charge is 2.58. The highest BCUT2D eigenvalue weighted by Crippen LogP contribution is 2.44. The van der Waals surface area contributed by atoms with E-state index in [1.165, 1.54) is 18.2 Å². The third-order valence-corrected chi connectivity index (χ3v) is 5.06. The summed E-state index contributed by atoms with van der Waals surface area (Å²) in [7, 11) is 0. The first kappa shape index (κ1) is 18.6. The Bertz CT molecular complexity index is 927. The number of thiazole rings is 1. The number of alkyl halides is 3. The van der Waals surface area contributed by atoms with Gasteiger partial charge in [0.25, 0.3) is 0 Å². The van der Waals surface area contributed by atoms with Gasteiger partial charge in [-0.3, -0.25) is 4.79 Å². The van der Waals surface area contributed by atoms with Crippen LogP contribution in [0, 0.1) is 0 Å². The molecule has 2 aromatic carbocycles. The van der Waals surface area contributed by atoms with E-state index in [-0.39, 0.29) is 5.69 Å². The summed E-state index contributed by atoms with van der Waals surface area (Å²) in [5.74, 6) is -1.01. The molecule has 0 radical (unpaired) electrons. The minimum Gasteiger partial charge on any atom is -0.374 e.